The maximum absolute atomic E-state index is 12.3. The number of hydrogen-bond donors (Lipinski definition) is 1. The molecule has 0 aliphatic heterocycles. The van der Waals surface area contributed by atoms with Gasteiger partial charge in [0.25, 0.3) is 0 Å². The van der Waals surface area contributed by atoms with Crippen LogP contribution in [0.15, 0.2) is 5.03 Å². The van der Waals surface area contributed by atoms with Gasteiger partial charge < -0.3 is 0 Å². The summed E-state index contributed by atoms with van der Waals surface area (Å²) in [5, 5.41) is 14.2. The van der Waals surface area contributed by atoms with Gasteiger partial charge in [0.05, 0.1) is 5.75 Å². The lowest BCUT2D eigenvalue weighted by Gasteiger charge is -2.08. The summed E-state index contributed by atoms with van der Waals surface area (Å²) >= 11 is 4.54. The Hall–Kier alpha value is -1.58. The van der Waals surface area contributed by atoms with Crippen molar-refractivity contribution >= 4 is 55.7 Å². The second-order valence-electron chi connectivity index (χ2n) is 6.20. The summed E-state index contributed by atoms with van der Waals surface area (Å²) in [7, 11) is 0. The van der Waals surface area contributed by atoms with E-state index < -0.39 is 0 Å². The van der Waals surface area contributed by atoms with E-state index in [1.807, 2.05) is 6.92 Å². The van der Waals surface area contributed by atoms with Crippen LogP contribution < -0.4 is 5.32 Å². The first-order valence-electron chi connectivity index (χ1n) is 8.41. The Bertz CT molecular complexity index is 947. The SMILES string of the molecule is CCc1nnc(NC(=O)CSc2nc(C(C)C)nc3sc(C)c(C)c23)s1. The zero-order valence-corrected chi connectivity index (χ0v) is 17.9. The Morgan fingerprint density at radius 1 is 1.19 bits per heavy atom. The molecule has 0 saturated carbocycles. The van der Waals surface area contributed by atoms with Crippen LogP contribution >= 0.6 is 34.4 Å². The van der Waals surface area contributed by atoms with Crippen molar-refractivity contribution in [3.8, 4) is 0 Å². The first kappa shape index (κ1) is 19.2. The van der Waals surface area contributed by atoms with Crippen LogP contribution in [0.4, 0.5) is 5.13 Å². The summed E-state index contributed by atoms with van der Waals surface area (Å²) in [6, 6.07) is 0. The zero-order valence-electron chi connectivity index (χ0n) is 15.4. The van der Waals surface area contributed by atoms with Crippen molar-refractivity contribution in [2.24, 2.45) is 0 Å². The molecule has 0 radical (unpaired) electrons. The highest BCUT2D eigenvalue weighted by Gasteiger charge is 2.17. The molecule has 0 atom stereocenters. The van der Waals surface area contributed by atoms with Gasteiger partial charge in [-0.25, -0.2) is 9.97 Å². The summed E-state index contributed by atoms with van der Waals surface area (Å²) in [6.45, 7) is 10.4. The average molecular weight is 408 g/mol. The van der Waals surface area contributed by atoms with E-state index in [0.717, 1.165) is 32.5 Å². The summed E-state index contributed by atoms with van der Waals surface area (Å²) in [4.78, 5) is 24.0. The van der Waals surface area contributed by atoms with Crippen LogP contribution in [0, 0.1) is 13.8 Å². The number of thioether (sulfide) groups is 1. The Labute approximate surface area is 164 Å². The highest BCUT2D eigenvalue weighted by molar-refractivity contribution is 8.00. The Morgan fingerprint density at radius 3 is 2.62 bits per heavy atom. The maximum Gasteiger partial charge on any atom is 0.236 e. The number of carbonyl (C=O) groups excluding carboxylic acids is 1. The lowest BCUT2D eigenvalue weighted by Crippen LogP contribution is -2.14. The number of carbonyl (C=O) groups is 1. The molecule has 3 heterocycles. The molecule has 26 heavy (non-hydrogen) atoms. The van der Waals surface area contributed by atoms with Crippen molar-refractivity contribution in [1.29, 1.82) is 0 Å². The van der Waals surface area contributed by atoms with Gasteiger partial charge in [-0.15, -0.1) is 21.5 Å². The molecular formula is C17H21N5OS3. The number of anilines is 1. The molecule has 0 saturated heterocycles. The summed E-state index contributed by atoms with van der Waals surface area (Å²) in [5.41, 5.74) is 1.19. The minimum Gasteiger partial charge on any atom is -0.300 e. The van der Waals surface area contributed by atoms with Crippen molar-refractivity contribution in [1.82, 2.24) is 20.2 Å². The topological polar surface area (TPSA) is 80.7 Å². The molecule has 0 aliphatic carbocycles. The Morgan fingerprint density at radius 2 is 1.96 bits per heavy atom. The zero-order chi connectivity index (χ0) is 18.8. The van der Waals surface area contributed by atoms with Crippen molar-refractivity contribution in [3.63, 3.8) is 0 Å². The third-order valence-corrected chi connectivity index (χ3v) is 6.94. The van der Waals surface area contributed by atoms with Crippen LogP contribution in [-0.2, 0) is 11.2 Å². The molecule has 3 aromatic heterocycles. The van der Waals surface area contributed by atoms with Crippen molar-refractivity contribution in [2.75, 3.05) is 11.1 Å². The molecule has 0 aliphatic rings. The van der Waals surface area contributed by atoms with Crippen molar-refractivity contribution < 1.29 is 4.79 Å². The average Bonchev–Trinajstić information content (AvgIpc) is 3.17. The number of aryl methyl sites for hydroxylation is 3. The van der Waals surface area contributed by atoms with E-state index in [1.54, 1.807) is 11.3 Å². The van der Waals surface area contributed by atoms with E-state index in [0.29, 0.717) is 5.13 Å². The number of hydrogen-bond acceptors (Lipinski definition) is 8. The van der Waals surface area contributed by atoms with Crippen LogP contribution in [0.2, 0.25) is 0 Å². The fraction of sp³-hybridized carbons (Fsp3) is 0.471. The molecule has 0 aromatic carbocycles. The Balaban J connectivity index is 1.79. The van der Waals surface area contributed by atoms with Gasteiger partial charge in [-0.2, -0.15) is 0 Å². The molecule has 3 rings (SSSR count). The number of thiophene rings is 1. The minimum absolute atomic E-state index is 0.101. The van der Waals surface area contributed by atoms with Gasteiger partial charge in [0.2, 0.25) is 11.0 Å². The molecule has 138 valence electrons. The van der Waals surface area contributed by atoms with E-state index in [1.165, 1.54) is 33.5 Å². The lowest BCUT2D eigenvalue weighted by molar-refractivity contribution is -0.113. The highest BCUT2D eigenvalue weighted by Crippen LogP contribution is 2.36. The molecule has 9 heteroatoms. The van der Waals surface area contributed by atoms with Crippen LogP contribution in [0.5, 0.6) is 0 Å². The van der Waals surface area contributed by atoms with Gasteiger partial charge in [-0.3, -0.25) is 10.1 Å². The van der Waals surface area contributed by atoms with E-state index in [2.05, 4.69) is 43.2 Å². The standard InChI is InChI=1S/C17H21N5OS3/c1-6-12-21-22-17(26-12)18-11(23)7-24-15-13-9(4)10(5)25-16(13)20-14(19-15)8(2)3/h8H,6-7H2,1-5H3,(H,18,22,23). The van der Waals surface area contributed by atoms with Crippen LogP contribution in [0.3, 0.4) is 0 Å². The highest BCUT2D eigenvalue weighted by atomic mass is 32.2. The van der Waals surface area contributed by atoms with Gasteiger partial charge >= 0.3 is 0 Å². The molecule has 0 unspecified atom stereocenters. The van der Waals surface area contributed by atoms with Gasteiger partial charge in [0.15, 0.2) is 0 Å². The second-order valence-corrected chi connectivity index (χ2v) is 9.43. The molecular weight excluding hydrogens is 386 g/mol. The van der Waals surface area contributed by atoms with Crippen LogP contribution in [0.1, 0.15) is 48.0 Å². The van der Waals surface area contributed by atoms with E-state index in [-0.39, 0.29) is 17.6 Å². The molecule has 0 spiro atoms. The summed E-state index contributed by atoms with van der Waals surface area (Å²) < 4.78 is 0. The first-order valence-corrected chi connectivity index (χ1v) is 11.0. The predicted octanol–water partition coefficient (Wildman–Crippen LogP) is 4.58. The molecule has 3 aromatic rings. The number of fused-ring (bicyclic) bond motifs is 1. The Kier molecular flexibility index (Phi) is 5.89. The van der Waals surface area contributed by atoms with Crippen molar-refractivity contribution in [3.05, 3.63) is 21.3 Å². The fourth-order valence-electron chi connectivity index (χ4n) is 2.33. The third kappa shape index (κ3) is 4.05. The van der Waals surface area contributed by atoms with Gasteiger partial charge in [-0.05, 0) is 25.8 Å². The minimum atomic E-state index is -0.101. The molecule has 0 bridgehead atoms. The summed E-state index contributed by atoms with van der Waals surface area (Å²) in [6.07, 6.45) is 0.815. The fourth-order valence-corrected chi connectivity index (χ4v) is 5.02. The first-order chi connectivity index (χ1) is 12.4. The second kappa shape index (κ2) is 7.98. The van der Waals surface area contributed by atoms with Gasteiger partial charge in [0, 0.05) is 16.2 Å². The quantitative estimate of drug-likeness (QED) is 0.476. The van der Waals surface area contributed by atoms with E-state index in [4.69, 9.17) is 9.97 Å². The van der Waals surface area contributed by atoms with E-state index in [9.17, 15) is 4.79 Å². The normalized spacial score (nSPS) is 11.5. The number of nitrogens with zero attached hydrogens (tertiary/aromatic N) is 4. The number of aromatic nitrogens is 4. The largest absolute Gasteiger partial charge is 0.300 e. The molecule has 1 amide bonds. The monoisotopic (exact) mass is 407 g/mol. The summed E-state index contributed by atoms with van der Waals surface area (Å²) in [5.74, 6) is 1.23. The number of amides is 1. The molecule has 0 fully saturated rings. The van der Waals surface area contributed by atoms with Gasteiger partial charge in [0.1, 0.15) is 20.7 Å². The molecule has 6 nitrogen and oxygen atoms in total. The smallest absolute Gasteiger partial charge is 0.236 e. The van der Waals surface area contributed by atoms with Gasteiger partial charge in [-0.1, -0.05) is 43.9 Å². The lowest BCUT2D eigenvalue weighted by atomic mass is 10.2. The maximum atomic E-state index is 12.3. The predicted molar refractivity (Wildman–Crippen MR) is 110 cm³/mol. The number of rotatable bonds is 6. The van der Waals surface area contributed by atoms with Crippen LogP contribution in [0.25, 0.3) is 10.2 Å². The van der Waals surface area contributed by atoms with E-state index >= 15 is 0 Å². The number of nitrogens with one attached hydrogen (secondary N) is 1. The molecule has 1 N–H and O–H groups in total. The third-order valence-electron chi connectivity index (χ3n) is 3.88. The van der Waals surface area contributed by atoms with Crippen molar-refractivity contribution in [2.45, 2.75) is 52.0 Å². The van der Waals surface area contributed by atoms with Crippen LogP contribution in [-0.4, -0.2) is 31.8 Å².